The molecule has 0 amide bonds. The summed E-state index contributed by atoms with van der Waals surface area (Å²) in [6.07, 6.45) is 2.96. The van der Waals surface area contributed by atoms with Crippen LogP contribution in [0.15, 0.2) is 22.7 Å². The van der Waals surface area contributed by atoms with Crippen LogP contribution in [0.1, 0.15) is 38.7 Å². The number of anilines is 1. The van der Waals surface area contributed by atoms with E-state index in [0.717, 1.165) is 23.9 Å². The van der Waals surface area contributed by atoms with Crippen LogP contribution in [0.3, 0.4) is 0 Å². The molecule has 1 aromatic carbocycles. The summed E-state index contributed by atoms with van der Waals surface area (Å²) in [6.45, 7) is 7.70. The van der Waals surface area contributed by atoms with Crippen molar-refractivity contribution in [2.24, 2.45) is 5.92 Å². The fourth-order valence-corrected chi connectivity index (χ4v) is 3.79. The Hall–Kier alpha value is -1.01. The maximum Gasteiger partial charge on any atom is 0.0625 e. The molecule has 0 aromatic heterocycles. The molecule has 1 fully saturated rings. The third-order valence-electron chi connectivity index (χ3n) is 4.36. The van der Waals surface area contributed by atoms with E-state index in [1.807, 2.05) is 0 Å². The van der Waals surface area contributed by atoms with Gasteiger partial charge in [-0.1, -0.05) is 6.07 Å². The Morgan fingerprint density at radius 2 is 2.21 bits per heavy atom. The molecule has 102 valence electrons. The molecule has 1 unspecified atom stereocenters. The minimum absolute atomic E-state index is 0.0335. The molecule has 0 bridgehead atoms. The maximum absolute atomic E-state index is 9.02. The summed E-state index contributed by atoms with van der Waals surface area (Å²) in [5.41, 5.74) is 2.54. The molecule has 1 saturated heterocycles. The first-order valence-electron chi connectivity index (χ1n) is 6.87. The van der Waals surface area contributed by atoms with E-state index in [9.17, 15) is 0 Å². The van der Waals surface area contributed by atoms with Gasteiger partial charge >= 0.3 is 0 Å². The smallest absolute Gasteiger partial charge is 0.0625 e. The van der Waals surface area contributed by atoms with Gasteiger partial charge in [-0.2, -0.15) is 5.26 Å². The Kier molecular flexibility index (Phi) is 4.20. The Bertz CT molecular complexity index is 502. The summed E-state index contributed by atoms with van der Waals surface area (Å²) < 4.78 is 1.15. The lowest BCUT2D eigenvalue weighted by molar-refractivity contribution is 0.241. The van der Waals surface area contributed by atoms with Crippen LogP contribution in [0.25, 0.3) is 0 Å². The van der Waals surface area contributed by atoms with Gasteiger partial charge in [0.05, 0.1) is 11.8 Å². The van der Waals surface area contributed by atoms with Crippen LogP contribution < -0.4 is 4.90 Å². The van der Waals surface area contributed by atoms with Crippen molar-refractivity contribution >= 4 is 21.6 Å². The van der Waals surface area contributed by atoms with E-state index in [0.29, 0.717) is 12.3 Å². The van der Waals surface area contributed by atoms with Crippen LogP contribution in [-0.2, 0) is 0 Å². The third-order valence-corrected chi connectivity index (χ3v) is 5.00. The van der Waals surface area contributed by atoms with Gasteiger partial charge in [-0.15, -0.1) is 0 Å². The first kappa shape index (κ1) is 14.4. The molecule has 2 rings (SSSR count). The molecule has 19 heavy (non-hydrogen) atoms. The molecule has 0 aliphatic carbocycles. The SMILES string of the molecule is Cc1ccc(N2CCCC(CC#N)C2(C)C)c(Br)c1. The minimum Gasteiger partial charge on any atom is -0.365 e. The second-order valence-electron chi connectivity index (χ2n) is 5.96. The highest BCUT2D eigenvalue weighted by Gasteiger charge is 2.38. The van der Waals surface area contributed by atoms with Crippen LogP contribution in [0.4, 0.5) is 5.69 Å². The largest absolute Gasteiger partial charge is 0.365 e. The van der Waals surface area contributed by atoms with Gasteiger partial charge in [0.1, 0.15) is 0 Å². The summed E-state index contributed by atoms with van der Waals surface area (Å²) >= 11 is 3.69. The predicted octanol–water partition coefficient (Wildman–Crippen LogP) is 4.67. The van der Waals surface area contributed by atoms with E-state index in [4.69, 9.17) is 5.26 Å². The van der Waals surface area contributed by atoms with Gasteiger partial charge in [-0.05, 0) is 73.2 Å². The summed E-state index contributed by atoms with van der Waals surface area (Å²) in [6, 6.07) is 8.86. The van der Waals surface area contributed by atoms with Crippen molar-refractivity contribution in [2.75, 3.05) is 11.4 Å². The summed E-state index contributed by atoms with van der Waals surface area (Å²) in [7, 11) is 0. The first-order valence-corrected chi connectivity index (χ1v) is 7.67. The van der Waals surface area contributed by atoms with Gasteiger partial charge in [0.2, 0.25) is 0 Å². The number of benzene rings is 1. The zero-order valence-corrected chi connectivity index (χ0v) is 13.5. The number of nitrogens with zero attached hydrogens (tertiary/aromatic N) is 2. The van der Waals surface area contributed by atoms with Crippen molar-refractivity contribution in [3.8, 4) is 6.07 Å². The maximum atomic E-state index is 9.02. The monoisotopic (exact) mass is 320 g/mol. The molecule has 0 spiro atoms. The zero-order chi connectivity index (χ0) is 14.0. The van der Waals surface area contributed by atoms with Crippen molar-refractivity contribution in [1.29, 1.82) is 5.26 Å². The lowest BCUT2D eigenvalue weighted by Crippen LogP contribution is -2.53. The Balaban J connectivity index is 2.35. The highest BCUT2D eigenvalue weighted by molar-refractivity contribution is 9.10. The van der Waals surface area contributed by atoms with Crippen LogP contribution in [0.5, 0.6) is 0 Å². The van der Waals surface area contributed by atoms with E-state index in [1.54, 1.807) is 0 Å². The topological polar surface area (TPSA) is 27.0 Å². The highest BCUT2D eigenvalue weighted by Crippen LogP contribution is 2.41. The van der Waals surface area contributed by atoms with Crippen LogP contribution in [0.2, 0.25) is 0 Å². The predicted molar refractivity (Wildman–Crippen MR) is 83.3 cm³/mol. The minimum atomic E-state index is 0.0335. The van der Waals surface area contributed by atoms with E-state index in [-0.39, 0.29) is 5.54 Å². The molecule has 0 radical (unpaired) electrons. The number of aryl methyl sites for hydroxylation is 1. The fraction of sp³-hybridized carbons (Fsp3) is 0.562. The van der Waals surface area contributed by atoms with Gasteiger partial charge in [-0.25, -0.2) is 0 Å². The highest BCUT2D eigenvalue weighted by atomic mass is 79.9. The number of piperidine rings is 1. The molecular weight excluding hydrogens is 300 g/mol. The molecule has 1 aromatic rings. The molecule has 3 heteroatoms. The molecule has 1 aliphatic rings. The molecule has 1 heterocycles. The number of hydrogen-bond acceptors (Lipinski definition) is 2. The Morgan fingerprint density at radius 1 is 1.47 bits per heavy atom. The van der Waals surface area contributed by atoms with E-state index < -0.39 is 0 Å². The second kappa shape index (κ2) is 5.54. The van der Waals surface area contributed by atoms with Gasteiger partial charge in [0.25, 0.3) is 0 Å². The molecule has 1 atom stereocenters. The zero-order valence-electron chi connectivity index (χ0n) is 11.9. The molecule has 2 nitrogen and oxygen atoms in total. The number of rotatable bonds is 2. The summed E-state index contributed by atoms with van der Waals surface area (Å²) in [4.78, 5) is 2.46. The number of nitriles is 1. The van der Waals surface area contributed by atoms with E-state index in [2.05, 4.69) is 65.9 Å². The van der Waals surface area contributed by atoms with Gasteiger partial charge in [0.15, 0.2) is 0 Å². The van der Waals surface area contributed by atoms with Crippen LogP contribution >= 0.6 is 15.9 Å². The lowest BCUT2D eigenvalue weighted by atomic mass is 9.77. The van der Waals surface area contributed by atoms with Crippen molar-refractivity contribution in [3.05, 3.63) is 28.2 Å². The van der Waals surface area contributed by atoms with Crippen molar-refractivity contribution in [1.82, 2.24) is 0 Å². The average Bonchev–Trinajstić information content (AvgIpc) is 2.33. The molecular formula is C16H21BrN2. The summed E-state index contributed by atoms with van der Waals surface area (Å²) in [5.74, 6) is 0.444. The van der Waals surface area contributed by atoms with Gasteiger partial charge in [-0.3, -0.25) is 0 Å². The third kappa shape index (κ3) is 2.79. The quantitative estimate of drug-likeness (QED) is 0.792. The Morgan fingerprint density at radius 3 is 2.84 bits per heavy atom. The lowest BCUT2D eigenvalue weighted by Gasteiger charge is -2.49. The van der Waals surface area contributed by atoms with Gasteiger partial charge in [0, 0.05) is 23.0 Å². The average molecular weight is 321 g/mol. The normalized spacial score (nSPS) is 22.1. The first-order chi connectivity index (χ1) is 8.96. The number of hydrogen-bond donors (Lipinski definition) is 0. The molecule has 0 N–H and O–H groups in total. The molecule has 1 aliphatic heterocycles. The van der Waals surface area contributed by atoms with Crippen molar-refractivity contribution in [2.45, 2.75) is 45.6 Å². The Labute approximate surface area is 124 Å². The van der Waals surface area contributed by atoms with Gasteiger partial charge < -0.3 is 4.90 Å². The molecule has 0 saturated carbocycles. The van der Waals surface area contributed by atoms with Crippen molar-refractivity contribution < 1.29 is 0 Å². The second-order valence-corrected chi connectivity index (χ2v) is 6.82. The standard InChI is InChI=1S/C16H21BrN2/c1-12-6-7-15(14(17)11-12)19-10-4-5-13(8-9-18)16(19,2)3/h6-7,11,13H,4-5,8,10H2,1-3H3. The van der Waals surface area contributed by atoms with Crippen molar-refractivity contribution in [3.63, 3.8) is 0 Å². The van der Waals surface area contributed by atoms with E-state index >= 15 is 0 Å². The van der Waals surface area contributed by atoms with Crippen LogP contribution in [0, 0.1) is 24.2 Å². The van der Waals surface area contributed by atoms with Crippen LogP contribution in [-0.4, -0.2) is 12.1 Å². The number of halogens is 1. The fourth-order valence-electron chi connectivity index (χ4n) is 3.08. The van der Waals surface area contributed by atoms with E-state index in [1.165, 1.54) is 11.3 Å². The summed E-state index contributed by atoms with van der Waals surface area (Å²) in [5, 5.41) is 9.02.